The number of carboxylic acids is 1. The van der Waals surface area contributed by atoms with Crippen LogP contribution < -0.4 is 9.64 Å². The predicted molar refractivity (Wildman–Crippen MR) is 104 cm³/mol. The highest BCUT2D eigenvalue weighted by Gasteiger charge is 2.32. The van der Waals surface area contributed by atoms with Crippen molar-refractivity contribution in [2.45, 2.75) is 26.6 Å². The molecule has 1 heterocycles. The fourth-order valence-electron chi connectivity index (χ4n) is 3.51. The number of hydrogen-bond donors (Lipinski definition) is 1. The number of anilines is 1. The first-order chi connectivity index (χ1) is 14.1. The van der Waals surface area contributed by atoms with Crippen molar-refractivity contribution in [3.63, 3.8) is 0 Å². The molecule has 6 nitrogen and oxygen atoms in total. The van der Waals surface area contributed by atoms with Gasteiger partial charge in [0.05, 0.1) is 5.56 Å². The number of aryl methyl sites for hydroxylation is 2. The minimum absolute atomic E-state index is 0.281. The second-order valence-corrected chi connectivity index (χ2v) is 7.14. The third kappa shape index (κ3) is 4.67. The molecule has 160 valence electrons. The molecule has 2 aromatic rings. The number of urea groups is 1. The van der Waals surface area contributed by atoms with E-state index in [-0.39, 0.29) is 6.03 Å². The molecule has 2 amide bonds. The van der Waals surface area contributed by atoms with Gasteiger partial charge < -0.3 is 14.7 Å². The molecule has 3 rings (SSSR count). The maximum Gasteiger partial charge on any atom is 0.416 e. The summed E-state index contributed by atoms with van der Waals surface area (Å²) in [6.45, 7) is 4.31. The zero-order valence-corrected chi connectivity index (χ0v) is 16.5. The number of aliphatic carboxylic acids is 1. The minimum Gasteiger partial charge on any atom is -0.481 e. The van der Waals surface area contributed by atoms with Gasteiger partial charge in [-0.2, -0.15) is 13.2 Å². The van der Waals surface area contributed by atoms with Crippen molar-refractivity contribution in [1.82, 2.24) is 4.90 Å². The van der Waals surface area contributed by atoms with E-state index in [2.05, 4.69) is 0 Å². The summed E-state index contributed by atoms with van der Waals surface area (Å²) in [6, 6.07) is 7.91. The summed E-state index contributed by atoms with van der Waals surface area (Å²) in [5.41, 5.74) is 2.04. The zero-order chi connectivity index (χ0) is 22.1. The highest BCUT2D eigenvalue weighted by molar-refractivity contribution is 5.94. The summed E-state index contributed by atoms with van der Waals surface area (Å²) in [5.74, 6) is -0.566. The minimum atomic E-state index is -4.42. The van der Waals surface area contributed by atoms with Gasteiger partial charge in [0.2, 0.25) is 0 Å². The second kappa shape index (κ2) is 8.25. The molecular weight excluding hydrogens is 401 g/mol. The van der Waals surface area contributed by atoms with Gasteiger partial charge in [-0.1, -0.05) is 12.1 Å². The first kappa shape index (κ1) is 21.5. The molecule has 0 radical (unpaired) electrons. The molecule has 0 spiro atoms. The first-order valence-electron chi connectivity index (χ1n) is 9.24. The standard InChI is InChI=1S/C21H21F3N2O4/c1-13-9-15(10-14(2)19(13)30-12-18(27)28)11-25-7-8-26(20(25)29)17-5-3-16(4-6-17)21(22,23)24/h3-6,9-10H,7-8,11-12H2,1-2H3,(H,27,28). The van der Waals surface area contributed by atoms with Crippen LogP contribution >= 0.6 is 0 Å². The van der Waals surface area contributed by atoms with Crippen LogP contribution in [0, 0.1) is 13.8 Å². The van der Waals surface area contributed by atoms with Gasteiger partial charge in [0.25, 0.3) is 0 Å². The van der Waals surface area contributed by atoms with Crippen molar-refractivity contribution >= 4 is 17.7 Å². The Hall–Kier alpha value is -3.23. The Morgan fingerprint density at radius 3 is 2.23 bits per heavy atom. The fraction of sp³-hybridized carbons (Fsp3) is 0.333. The van der Waals surface area contributed by atoms with Gasteiger partial charge >= 0.3 is 18.2 Å². The Labute approximate surface area is 171 Å². The summed E-state index contributed by atoms with van der Waals surface area (Å²) < 4.78 is 43.5. The average molecular weight is 422 g/mol. The van der Waals surface area contributed by atoms with E-state index in [1.165, 1.54) is 17.0 Å². The smallest absolute Gasteiger partial charge is 0.416 e. The van der Waals surface area contributed by atoms with E-state index in [1.807, 2.05) is 12.1 Å². The van der Waals surface area contributed by atoms with Crippen LogP contribution in [-0.2, 0) is 17.5 Å². The quantitative estimate of drug-likeness (QED) is 0.757. The third-order valence-electron chi connectivity index (χ3n) is 4.83. The molecule has 0 bridgehead atoms. The van der Waals surface area contributed by atoms with Crippen LogP contribution in [0.1, 0.15) is 22.3 Å². The normalized spacial score (nSPS) is 14.4. The molecule has 0 aromatic heterocycles. The lowest BCUT2D eigenvalue weighted by atomic mass is 10.1. The van der Waals surface area contributed by atoms with Crippen LogP contribution in [-0.4, -0.2) is 41.7 Å². The van der Waals surface area contributed by atoms with Gasteiger partial charge in [0, 0.05) is 25.3 Å². The van der Waals surface area contributed by atoms with Gasteiger partial charge in [0.15, 0.2) is 6.61 Å². The average Bonchev–Trinajstić information content (AvgIpc) is 3.00. The number of alkyl halides is 3. The Kier molecular flexibility index (Phi) is 5.91. The molecule has 0 atom stereocenters. The monoisotopic (exact) mass is 422 g/mol. The molecule has 0 unspecified atom stereocenters. The first-order valence-corrected chi connectivity index (χ1v) is 9.24. The highest BCUT2D eigenvalue weighted by Crippen LogP contribution is 2.32. The lowest BCUT2D eigenvalue weighted by Gasteiger charge is -2.20. The van der Waals surface area contributed by atoms with E-state index in [4.69, 9.17) is 9.84 Å². The lowest BCUT2D eigenvalue weighted by Crippen LogP contribution is -2.31. The van der Waals surface area contributed by atoms with Crippen molar-refractivity contribution in [2.24, 2.45) is 0 Å². The molecule has 30 heavy (non-hydrogen) atoms. The Balaban J connectivity index is 1.70. The maximum absolute atomic E-state index is 12.7. The predicted octanol–water partition coefficient (Wildman–Crippen LogP) is 4.23. The SMILES string of the molecule is Cc1cc(CN2CCN(c3ccc(C(F)(F)F)cc3)C2=O)cc(C)c1OCC(=O)O. The van der Waals surface area contributed by atoms with Gasteiger partial charge in [-0.25, -0.2) is 9.59 Å². The summed E-state index contributed by atoms with van der Waals surface area (Å²) >= 11 is 0. The van der Waals surface area contributed by atoms with E-state index >= 15 is 0 Å². The van der Waals surface area contributed by atoms with Gasteiger partial charge in [-0.3, -0.25) is 4.90 Å². The van der Waals surface area contributed by atoms with Crippen LogP contribution in [0.2, 0.25) is 0 Å². The second-order valence-electron chi connectivity index (χ2n) is 7.14. The van der Waals surface area contributed by atoms with Crippen molar-refractivity contribution < 1.29 is 32.6 Å². The molecule has 1 aliphatic heterocycles. The van der Waals surface area contributed by atoms with Crippen LogP contribution in [0.4, 0.5) is 23.7 Å². The van der Waals surface area contributed by atoms with Crippen LogP contribution in [0.5, 0.6) is 5.75 Å². The molecule has 0 saturated carbocycles. The number of halogens is 3. The van der Waals surface area contributed by atoms with E-state index in [0.29, 0.717) is 31.1 Å². The summed E-state index contributed by atoms with van der Waals surface area (Å²) in [7, 11) is 0. The molecule has 1 fully saturated rings. The van der Waals surface area contributed by atoms with E-state index in [0.717, 1.165) is 28.8 Å². The van der Waals surface area contributed by atoms with Gasteiger partial charge in [-0.15, -0.1) is 0 Å². The Morgan fingerprint density at radius 1 is 1.10 bits per heavy atom. The Bertz CT molecular complexity index is 935. The molecule has 1 N–H and O–H groups in total. The molecule has 1 aliphatic rings. The highest BCUT2D eigenvalue weighted by atomic mass is 19.4. The molecule has 0 aliphatic carbocycles. The number of carbonyl (C=O) groups excluding carboxylic acids is 1. The number of amides is 2. The van der Waals surface area contributed by atoms with Gasteiger partial charge in [0.1, 0.15) is 5.75 Å². The van der Waals surface area contributed by atoms with E-state index in [1.54, 1.807) is 18.7 Å². The topological polar surface area (TPSA) is 70.1 Å². The van der Waals surface area contributed by atoms with E-state index in [9.17, 15) is 22.8 Å². The number of rotatable bonds is 6. The van der Waals surface area contributed by atoms with Crippen molar-refractivity contribution in [1.29, 1.82) is 0 Å². The largest absolute Gasteiger partial charge is 0.481 e. The molecular formula is C21H21F3N2O4. The maximum atomic E-state index is 12.7. The number of ether oxygens (including phenoxy) is 1. The van der Waals surface area contributed by atoms with Crippen LogP contribution in [0.3, 0.4) is 0 Å². The third-order valence-corrected chi connectivity index (χ3v) is 4.83. The van der Waals surface area contributed by atoms with Crippen LogP contribution in [0.15, 0.2) is 36.4 Å². The summed E-state index contributed by atoms with van der Waals surface area (Å²) in [5, 5.41) is 8.77. The summed E-state index contributed by atoms with van der Waals surface area (Å²) in [4.78, 5) is 26.5. The lowest BCUT2D eigenvalue weighted by molar-refractivity contribution is -0.139. The molecule has 1 saturated heterocycles. The number of carbonyl (C=O) groups is 2. The number of nitrogens with zero attached hydrogens (tertiary/aromatic N) is 2. The van der Waals surface area contributed by atoms with Crippen molar-refractivity contribution in [3.8, 4) is 5.75 Å². The number of hydrogen-bond acceptors (Lipinski definition) is 3. The zero-order valence-electron chi connectivity index (χ0n) is 16.5. The van der Waals surface area contributed by atoms with Crippen molar-refractivity contribution in [2.75, 3.05) is 24.6 Å². The number of benzene rings is 2. The van der Waals surface area contributed by atoms with Crippen molar-refractivity contribution in [3.05, 3.63) is 58.7 Å². The Morgan fingerprint density at radius 2 is 1.70 bits per heavy atom. The van der Waals surface area contributed by atoms with Crippen LogP contribution in [0.25, 0.3) is 0 Å². The van der Waals surface area contributed by atoms with E-state index < -0.39 is 24.3 Å². The summed E-state index contributed by atoms with van der Waals surface area (Å²) in [6.07, 6.45) is -4.42. The fourth-order valence-corrected chi connectivity index (χ4v) is 3.51. The number of carboxylic acid groups (broad SMARTS) is 1. The molecule has 2 aromatic carbocycles. The van der Waals surface area contributed by atoms with Gasteiger partial charge in [-0.05, 0) is 54.8 Å². The molecule has 9 heteroatoms.